The SMILES string of the molecule is NC(=O)C(Nc1cccc(Cl)c1)c1cc(F)cc(F)c1. The first-order valence-corrected chi connectivity index (χ1v) is 6.11. The van der Waals surface area contributed by atoms with E-state index in [1.807, 2.05) is 0 Å². The Labute approximate surface area is 119 Å². The van der Waals surface area contributed by atoms with Crippen molar-refractivity contribution in [2.75, 3.05) is 5.32 Å². The molecular formula is C14H11ClF2N2O. The molecule has 6 heteroatoms. The maximum absolute atomic E-state index is 13.2. The maximum Gasteiger partial charge on any atom is 0.244 e. The van der Waals surface area contributed by atoms with Crippen LogP contribution in [-0.4, -0.2) is 5.91 Å². The molecule has 2 aromatic carbocycles. The minimum atomic E-state index is -1.06. The zero-order valence-electron chi connectivity index (χ0n) is 10.2. The van der Waals surface area contributed by atoms with Crippen molar-refractivity contribution < 1.29 is 13.6 Å². The summed E-state index contributed by atoms with van der Waals surface area (Å²) in [5, 5.41) is 3.26. The molecule has 3 N–H and O–H groups in total. The van der Waals surface area contributed by atoms with E-state index in [0.29, 0.717) is 10.7 Å². The van der Waals surface area contributed by atoms with Crippen LogP contribution in [0.5, 0.6) is 0 Å². The van der Waals surface area contributed by atoms with Crippen molar-refractivity contribution in [2.45, 2.75) is 6.04 Å². The minimum Gasteiger partial charge on any atom is -0.370 e. The molecule has 0 saturated carbocycles. The van der Waals surface area contributed by atoms with Gasteiger partial charge in [0.05, 0.1) is 0 Å². The second kappa shape index (κ2) is 5.88. The van der Waals surface area contributed by atoms with E-state index < -0.39 is 23.6 Å². The summed E-state index contributed by atoms with van der Waals surface area (Å²) in [5.41, 5.74) is 5.90. The molecule has 1 atom stereocenters. The van der Waals surface area contributed by atoms with Crippen molar-refractivity contribution in [3.63, 3.8) is 0 Å². The quantitative estimate of drug-likeness (QED) is 0.910. The Kier molecular flexibility index (Phi) is 4.20. The van der Waals surface area contributed by atoms with Crippen LogP contribution in [-0.2, 0) is 4.79 Å². The highest BCUT2D eigenvalue weighted by atomic mass is 35.5. The number of halogens is 3. The third-order valence-electron chi connectivity index (χ3n) is 2.64. The molecule has 2 rings (SSSR count). The molecule has 0 saturated heterocycles. The molecule has 0 spiro atoms. The lowest BCUT2D eigenvalue weighted by atomic mass is 10.1. The molecule has 0 aromatic heterocycles. The number of nitrogens with two attached hydrogens (primary N) is 1. The molecule has 0 aliphatic rings. The van der Waals surface area contributed by atoms with Crippen molar-refractivity contribution >= 4 is 23.2 Å². The summed E-state index contributed by atoms with van der Waals surface area (Å²) >= 11 is 5.83. The summed E-state index contributed by atoms with van der Waals surface area (Å²) in [6, 6.07) is 8.35. The fourth-order valence-electron chi connectivity index (χ4n) is 1.81. The molecule has 1 amide bonds. The monoisotopic (exact) mass is 296 g/mol. The zero-order chi connectivity index (χ0) is 14.7. The van der Waals surface area contributed by atoms with Crippen molar-refractivity contribution in [3.8, 4) is 0 Å². The third-order valence-corrected chi connectivity index (χ3v) is 2.87. The Hall–Kier alpha value is -2.14. The summed E-state index contributed by atoms with van der Waals surface area (Å²) in [4.78, 5) is 11.5. The number of anilines is 1. The predicted molar refractivity (Wildman–Crippen MR) is 73.4 cm³/mol. The van der Waals surface area contributed by atoms with E-state index in [4.69, 9.17) is 17.3 Å². The maximum atomic E-state index is 13.2. The van der Waals surface area contributed by atoms with Gasteiger partial charge in [-0.15, -0.1) is 0 Å². The summed E-state index contributed by atoms with van der Waals surface area (Å²) in [6.07, 6.45) is 0. The lowest BCUT2D eigenvalue weighted by molar-refractivity contribution is -0.118. The number of hydrogen-bond donors (Lipinski definition) is 2. The molecule has 0 aliphatic carbocycles. The van der Waals surface area contributed by atoms with Crippen LogP contribution in [0.2, 0.25) is 5.02 Å². The van der Waals surface area contributed by atoms with Gasteiger partial charge >= 0.3 is 0 Å². The molecule has 0 radical (unpaired) electrons. The van der Waals surface area contributed by atoms with Crippen molar-refractivity contribution in [3.05, 3.63) is 64.7 Å². The molecule has 1 unspecified atom stereocenters. The van der Waals surface area contributed by atoms with Gasteiger partial charge in [-0.25, -0.2) is 8.78 Å². The smallest absolute Gasteiger partial charge is 0.244 e. The predicted octanol–water partition coefficient (Wildman–Crippen LogP) is 3.26. The molecule has 0 heterocycles. The Balaban J connectivity index is 2.34. The first-order chi connectivity index (χ1) is 9.45. The largest absolute Gasteiger partial charge is 0.370 e. The average molecular weight is 297 g/mol. The summed E-state index contributed by atoms with van der Waals surface area (Å²) in [6.45, 7) is 0. The van der Waals surface area contributed by atoms with Crippen LogP contribution in [0.15, 0.2) is 42.5 Å². The van der Waals surface area contributed by atoms with Gasteiger partial charge in [0, 0.05) is 16.8 Å². The van der Waals surface area contributed by atoms with Crippen LogP contribution in [0.1, 0.15) is 11.6 Å². The number of carbonyl (C=O) groups excluding carboxylic acids is 1. The molecule has 20 heavy (non-hydrogen) atoms. The van der Waals surface area contributed by atoms with Gasteiger partial charge in [-0.3, -0.25) is 4.79 Å². The van der Waals surface area contributed by atoms with Gasteiger partial charge < -0.3 is 11.1 Å². The average Bonchev–Trinajstić information content (AvgIpc) is 2.34. The number of carbonyl (C=O) groups is 1. The van der Waals surface area contributed by atoms with E-state index >= 15 is 0 Å². The van der Waals surface area contributed by atoms with E-state index in [9.17, 15) is 13.6 Å². The Morgan fingerprint density at radius 1 is 1.15 bits per heavy atom. The van der Waals surface area contributed by atoms with Gasteiger partial charge in [-0.05, 0) is 35.9 Å². The molecule has 104 valence electrons. The zero-order valence-corrected chi connectivity index (χ0v) is 11.0. The van der Waals surface area contributed by atoms with Gasteiger partial charge in [0.25, 0.3) is 0 Å². The highest BCUT2D eigenvalue weighted by molar-refractivity contribution is 6.30. The fourth-order valence-corrected chi connectivity index (χ4v) is 2.00. The number of hydrogen-bond acceptors (Lipinski definition) is 2. The van der Waals surface area contributed by atoms with Crippen LogP contribution >= 0.6 is 11.6 Å². The first-order valence-electron chi connectivity index (χ1n) is 5.73. The van der Waals surface area contributed by atoms with Crippen LogP contribution in [0, 0.1) is 11.6 Å². The van der Waals surface area contributed by atoms with Crippen LogP contribution in [0.25, 0.3) is 0 Å². The van der Waals surface area contributed by atoms with E-state index in [1.165, 1.54) is 0 Å². The number of benzene rings is 2. The van der Waals surface area contributed by atoms with E-state index in [-0.39, 0.29) is 5.56 Å². The minimum absolute atomic E-state index is 0.106. The number of nitrogens with one attached hydrogen (secondary N) is 1. The Bertz CT molecular complexity index is 629. The molecule has 0 aliphatic heterocycles. The third kappa shape index (κ3) is 3.45. The summed E-state index contributed by atoms with van der Waals surface area (Å²) in [5.74, 6) is -2.31. The van der Waals surface area contributed by atoms with Gasteiger partial charge in [-0.1, -0.05) is 17.7 Å². The second-order valence-corrected chi connectivity index (χ2v) is 4.63. The van der Waals surface area contributed by atoms with Crippen molar-refractivity contribution in [2.24, 2.45) is 5.73 Å². The van der Waals surface area contributed by atoms with Gasteiger partial charge in [0.2, 0.25) is 5.91 Å². The van der Waals surface area contributed by atoms with Gasteiger partial charge in [0.15, 0.2) is 0 Å². The van der Waals surface area contributed by atoms with Crippen LogP contribution in [0.4, 0.5) is 14.5 Å². The lowest BCUT2D eigenvalue weighted by Gasteiger charge is -2.17. The standard InChI is InChI=1S/C14H11ClF2N2O/c15-9-2-1-3-12(6-9)19-13(14(18)20)8-4-10(16)7-11(17)5-8/h1-7,13,19H,(H2,18,20). The topological polar surface area (TPSA) is 55.1 Å². The van der Waals surface area contributed by atoms with Crippen molar-refractivity contribution in [1.82, 2.24) is 0 Å². The second-order valence-electron chi connectivity index (χ2n) is 4.19. The van der Waals surface area contributed by atoms with Crippen LogP contribution in [0.3, 0.4) is 0 Å². The highest BCUT2D eigenvalue weighted by Gasteiger charge is 2.19. The summed E-state index contributed by atoms with van der Waals surface area (Å²) < 4.78 is 26.4. The molecule has 0 fully saturated rings. The molecule has 3 nitrogen and oxygen atoms in total. The highest BCUT2D eigenvalue weighted by Crippen LogP contribution is 2.23. The fraction of sp³-hybridized carbons (Fsp3) is 0.0714. The van der Waals surface area contributed by atoms with E-state index in [0.717, 1.165) is 18.2 Å². The number of amides is 1. The normalized spacial score (nSPS) is 11.9. The van der Waals surface area contributed by atoms with Crippen LogP contribution < -0.4 is 11.1 Å². The van der Waals surface area contributed by atoms with E-state index in [2.05, 4.69) is 5.32 Å². The van der Waals surface area contributed by atoms with Crippen molar-refractivity contribution in [1.29, 1.82) is 0 Å². The molecule has 0 bridgehead atoms. The Morgan fingerprint density at radius 2 is 1.80 bits per heavy atom. The Morgan fingerprint density at radius 3 is 2.35 bits per heavy atom. The number of primary amides is 1. The van der Waals surface area contributed by atoms with Gasteiger partial charge in [-0.2, -0.15) is 0 Å². The summed E-state index contributed by atoms with van der Waals surface area (Å²) in [7, 11) is 0. The first kappa shape index (κ1) is 14.3. The number of rotatable bonds is 4. The van der Waals surface area contributed by atoms with Gasteiger partial charge in [0.1, 0.15) is 17.7 Å². The molecular weight excluding hydrogens is 286 g/mol. The lowest BCUT2D eigenvalue weighted by Crippen LogP contribution is -2.28. The van der Waals surface area contributed by atoms with E-state index in [1.54, 1.807) is 24.3 Å². The molecule has 2 aromatic rings.